The molecule has 0 aliphatic heterocycles. The summed E-state index contributed by atoms with van der Waals surface area (Å²) in [7, 11) is 0. The van der Waals surface area contributed by atoms with Gasteiger partial charge in [0.25, 0.3) is 0 Å². The summed E-state index contributed by atoms with van der Waals surface area (Å²) in [6.07, 6.45) is 0. The number of amides is 1. The van der Waals surface area contributed by atoms with E-state index in [1.54, 1.807) is 4.90 Å². The molecule has 0 fully saturated rings. The highest BCUT2D eigenvalue weighted by Gasteiger charge is 2.24. The summed E-state index contributed by atoms with van der Waals surface area (Å²) in [6.45, 7) is 8.55. The van der Waals surface area contributed by atoms with Gasteiger partial charge in [0.05, 0.1) is 6.04 Å². The van der Waals surface area contributed by atoms with Crippen molar-refractivity contribution in [2.75, 3.05) is 11.4 Å². The molecule has 94 valence electrons. The second kappa shape index (κ2) is 5.82. The number of nitrogens with zero attached hydrogens (tertiary/aromatic N) is 1. The fraction of sp³-hybridized carbons (Fsp3) is 0.500. The fourth-order valence-corrected chi connectivity index (χ4v) is 1.78. The zero-order valence-corrected chi connectivity index (χ0v) is 11.1. The number of aryl methyl sites for hydroxylation is 1. The quantitative estimate of drug-likeness (QED) is 0.869. The molecule has 1 rings (SSSR count). The number of rotatable bonds is 4. The lowest BCUT2D eigenvalue weighted by Crippen LogP contribution is -2.46. The largest absolute Gasteiger partial charge is 0.320 e. The minimum atomic E-state index is -0.436. The van der Waals surface area contributed by atoms with Crippen LogP contribution in [-0.4, -0.2) is 18.5 Å². The molecule has 0 heterocycles. The second-order valence-electron chi connectivity index (χ2n) is 4.64. The summed E-state index contributed by atoms with van der Waals surface area (Å²) < 4.78 is 0. The highest BCUT2D eigenvalue weighted by molar-refractivity contribution is 5.97. The Labute approximate surface area is 104 Å². The molecule has 1 aromatic rings. The van der Waals surface area contributed by atoms with Crippen LogP contribution in [0.2, 0.25) is 0 Å². The lowest BCUT2D eigenvalue weighted by atomic mass is 10.0. The lowest BCUT2D eigenvalue weighted by Gasteiger charge is -2.27. The van der Waals surface area contributed by atoms with E-state index in [-0.39, 0.29) is 11.8 Å². The summed E-state index contributed by atoms with van der Waals surface area (Å²) in [5.74, 6) is 0.150. The van der Waals surface area contributed by atoms with E-state index in [0.717, 1.165) is 11.3 Å². The molecule has 17 heavy (non-hydrogen) atoms. The van der Waals surface area contributed by atoms with Gasteiger partial charge in [-0.2, -0.15) is 0 Å². The first kappa shape index (κ1) is 13.7. The number of carbonyl (C=O) groups excluding carboxylic acids is 1. The maximum atomic E-state index is 12.3. The van der Waals surface area contributed by atoms with Crippen molar-refractivity contribution in [2.24, 2.45) is 11.7 Å². The molecule has 2 N–H and O–H groups in total. The van der Waals surface area contributed by atoms with Crippen LogP contribution in [0.3, 0.4) is 0 Å². The third-order valence-corrected chi connectivity index (χ3v) is 2.99. The van der Waals surface area contributed by atoms with Crippen LogP contribution >= 0.6 is 0 Å². The Kier molecular flexibility index (Phi) is 4.70. The lowest BCUT2D eigenvalue weighted by molar-refractivity contribution is -0.120. The Hall–Kier alpha value is -1.35. The average molecular weight is 234 g/mol. The molecule has 0 aliphatic carbocycles. The Morgan fingerprint density at radius 1 is 1.35 bits per heavy atom. The van der Waals surface area contributed by atoms with E-state index in [0.29, 0.717) is 6.54 Å². The van der Waals surface area contributed by atoms with Crippen molar-refractivity contribution in [1.29, 1.82) is 0 Å². The molecule has 0 bridgehead atoms. The van der Waals surface area contributed by atoms with Crippen LogP contribution in [0.25, 0.3) is 0 Å². The number of likely N-dealkylation sites (N-methyl/N-ethyl adjacent to an activating group) is 1. The molecule has 0 spiro atoms. The van der Waals surface area contributed by atoms with Gasteiger partial charge >= 0.3 is 0 Å². The monoisotopic (exact) mass is 234 g/mol. The topological polar surface area (TPSA) is 46.3 Å². The number of hydrogen-bond donors (Lipinski definition) is 1. The third kappa shape index (κ3) is 3.07. The molecule has 0 aromatic heterocycles. The molecule has 0 aliphatic rings. The van der Waals surface area contributed by atoms with Crippen LogP contribution in [0.4, 0.5) is 5.69 Å². The van der Waals surface area contributed by atoms with Crippen LogP contribution in [-0.2, 0) is 4.79 Å². The van der Waals surface area contributed by atoms with Crippen molar-refractivity contribution < 1.29 is 4.79 Å². The Bertz CT molecular complexity index is 388. The molecule has 0 saturated heterocycles. The van der Waals surface area contributed by atoms with E-state index in [2.05, 4.69) is 0 Å². The number of anilines is 1. The molecular weight excluding hydrogens is 212 g/mol. The SMILES string of the molecule is CCN(C(=O)[C@@H](N)C(C)C)c1ccccc1C. The van der Waals surface area contributed by atoms with E-state index in [4.69, 9.17) is 5.73 Å². The average Bonchev–Trinajstić information content (AvgIpc) is 2.31. The standard InChI is InChI=1S/C14H22N2O/c1-5-16(14(17)13(15)10(2)3)12-9-7-6-8-11(12)4/h6-10,13H,5,15H2,1-4H3/t13-/m0/s1. The van der Waals surface area contributed by atoms with Crippen molar-refractivity contribution in [3.05, 3.63) is 29.8 Å². The van der Waals surface area contributed by atoms with Crippen LogP contribution in [0.15, 0.2) is 24.3 Å². The van der Waals surface area contributed by atoms with E-state index >= 15 is 0 Å². The van der Waals surface area contributed by atoms with Gasteiger partial charge in [0.2, 0.25) is 5.91 Å². The third-order valence-electron chi connectivity index (χ3n) is 2.99. The van der Waals surface area contributed by atoms with E-state index < -0.39 is 6.04 Å². The van der Waals surface area contributed by atoms with E-state index in [1.165, 1.54) is 0 Å². The molecule has 0 unspecified atom stereocenters. The van der Waals surface area contributed by atoms with Crippen molar-refractivity contribution in [2.45, 2.75) is 33.7 Å². The zero-order valence-electron chi connectivity index (χ0n) is 11.1. The molecule has 1 amide bonds. The summed E-state index contributed by atoms with van der Waals surface area (Å²) in [6, 6.07) is 7.45. The summed E-state index contributed by atoms with van der Waals surface area (Å²) >= 11 is 0. The Morgan fingerprint density at radius 3 is 2.41 bits per heavy atom. The molecule has 3 heteroatoms. The zero-order chi connectivity index (χ0) is 13.0. The minimum Gasteiger partial charge on any atom is -0.320 e. The second-order valence-corrected chi connectivity index (χ2v) is 4.64. The van der Waals surface area contributed by atoms with Crippen LogP contribution in [0, 0.1) is 12.8 Å². The smallest absolute Gasteiger partial charge is 0.244 e. The van der Waals surface area contributed by atoms with Gasteiger partial charge in [-0.15, -0.1) is 0 Å². The van der Waals surface area contributed by atoms with Crippen molar-refractivity contribution >= 4 is 11.6 Å². The number of carbonyl (C=O) groups is 1. The summed E-state index contributed by atoms with van der Waals surface area (Å²) in [5, 5.41) is 0. The van der Waals surface area contributed by atoms with Gasteiger partial charge in [0, 0.05) is 12.2 Å². The molecule has 0 saturated carbocycles. The van der Waals surface area contributed by atoms with E-state index in [1.807, 2.05) is 52.0 Å². The first-order chi connectivity index (χ1) is 7.99. The van der Waals surface area contributed by atoms with Gasteiger partial charge in [-0.25, -0.2) is 0 Å². The van der Waals surface area contributed by atoms with Crippen LogP contribution in [0.1, 0.15) is 26.3 Å². The normalized spacial score (nSPS) is 12.6. The molecule has 0 radical (unpaired) electrons. The Morgan fingerprint density at radius 2 is 1.94 bits per heavy atom. The first-order valence-corrected chi connectivity index (χ1v) is 6.11. The van der Waals surface area contributed by atoms with Gasteiger partial charge in [-0.1, -0.05) is 32.0 Å². The predicted molar refractivity (Wildman–Crippen MR) is 72.0 cm³/mol. The fourth-order valence-electron chi connectivity index (χ4n) is 1.78. The number of benzene rings is 1. The number of nitrogens with two attached hydrogens (primary N) is 1. The summed E-state index contributed by atoms with van der Waals surface area (Å²) in [5.41, 5.74) is 7.98. The van der Waals surface area contributed by atoms with Crippen molar-refractivity contribution in [3.63, 3.8) is 0 Å². The Balaban J connectivity index is 3.00. The maximum absolute atomic E-state index is 12.3. The van der Waals surface area contributed by atoms with Crippen LogP contribution < -0.4 is 10.6 Å². The number of hydrogen-bond acceptors (Lipinski definition) is 2. The molecular formula is C14H22N2O. The molecule has 1 aromatic carbocycles. The van der Waals surface area contributed by atoms with Gasteiger partial charge in [-0.05, 0) is 31.4 Å². The molecule has 1 atom stereocenters. The minimum absolute atomic E-state index is 0.00296. The van der Waals surface area contributed by atoms with Gasteiger partial charge in [0.1, 0.15) is 0 Å². The predicted octanol–water partition coefficient (Wildman–Crippen LogP) is 2.33. The first-order valence-electron chi connectivity index (χ1n) is 6.11. The highest BCUT2D eigenvalue weighted by Crippen LogP contribution is 2.20. The van der Waals surface area contributed by atoms with Crippen molar-refractivity contribution in [3.8, 4) is 0 Å². The maximum Gasteiger partial charge on any atom is 0.244 e. The van der Waals surface area contributed by atoms with Crippen molar-refractivity contribution in [1.82, 2.24) is 0 Å². The van der Waals surface area contributed by atoms with Gasteiger partial charge in [0.15, 0.2) is 0 Å². The van der Waals surface area contributed by atoms with Crippen LogP contribution in [0.5, 0.6) is 0 Å². The van der Waals surface area contributed by atoms with Gasteiger partial charge < -0.3 is 10.6 Å². The number of para-hydroxylation sites is 1. The highest BCUT2D eigenvalue weighted by atomic mass is 16.2. The summed E-state index contributed by atoms with van der Waals surface area (Å²) in [4.78, 5) is 14.0. The molecule has 3 nitrogen and oxygen atoms in total. The van der Waals surface area contributed by atoms with E-state index in [9.17, 15) is 4.79 Å². The van der Waals surface area contributed by atoms with Gasteiger partial charge in [-0.3, -0.25) is 4.79 Å².